The van der Waals surface area contributed by atoms with E-state index in [1.165, 1.54) is 19.9 Å². The summed E-state index contributed by atoms with van der Waals surface area (Å²) in [6.45, 7) is 6.24. The molecule has 0 aliphatic heterocycles. The summed E-state index contributed by atoms with van der Waals surface area (Å²) in [5, 5.41) is 5.78. The highest BCUT2D eigenvalue weighted by molar-refractivity contribution is 6.34. The zero-order valence-electron chi connectivity index (χ0n) is 15.6. The SMILES string of the molecule is CC(=O)Nc1ccc(C(C)=O)cc1OCC(=O)Nc1c(C)cc(C)cc1Cl. The van der Waals surface area contributed by atoms with E-state index in [0.29, 0.717) is 22.0 Å². The Labute approximate surface area is 162 Å². The Morgan fingerprint density at radius 1 is 1.04 bits per heavy atom. The van der Waals surface area contributed by atoms with Crippen molar-refractivity contribution in [3.8, 4) is 5.75 Å². The largest absolute Gasteiger partial charge is 0.482 e. The number of halogens is 1. The van der Waals surface area contributed by atoms with Crippen molar-refractivity contribution in [1.29, 1.82) is 0 Å². The number of benzene rings is 2. The van der Waals surface area contributed by atoms with Crippen LogP contribution in [0.15, 0.2) is 30.3 Å². The van der Waals surface area contributed by atoms with Crippen molar-refractivity contribution in [2.45, 2.75) is 27.7 Å². The van der Waals surface area contributed by atoms with Crippen LogP contribution in [0.25, 0.3) is 0 Å². The molecule has 0 bridgehead atoms. The summed E-state index contributed by atoms with van der Waals surface area (Å²) in [7, 11) is 0. The topological polar surface area (TPSA) is 84.5 Å². The molecule has 0 aliphatic rings. The second kappa shape index (κ2) is 8.68. The first-order valence-electron chi connectivity index (χ1n) is 8.29. The Balaban J connectivity index is 2.15. The highest BCUT2D eigenvalue weighted by Gasteiger charge is 2.13. The van der Waals surface area contributed by atoms with E-state index in [2.05, 4.69) is 10.6 Å². The fraction of sp³-hybridized carbons (Fsp3) is 0.250. The van der Waals surface area contributed by atoms with Crippen LogP contribution in [0.1, 0.15) is 35.3 Å². The standard InChI is InChI=1S/C20H21ClN2O4/c1-11-7-12(2)20(16(21)8-11)23-19(26)10-27-18-9-15(13(3)24)5-6-17(18)22-14(4)25/h5-9H,10H2,1-4H3,(H,22,25)(H,23,26). The monoisotopic (exact) mass is 388 g/mol. The molecule has 27 heavy (non-hydrogen) atoms. The predicted molar refractivity (Wildman–Crippen MR) is 106 cm³/mol. The summed E-state index contributed by atoms with van der Waals surface area (Å²) in [5.41, 5.74) is 3.15. The van der Waals surface area contributed by atoms with Crippen molar-refractivity contribution in [2.24, 2.45) is 0 Å². The maximum absolute atomic E-state index is 12.3. The number of carbonyl (C=O) groups is 3. The Morgan fingerprint density at radius 2 is 1.74 bits per heavy atom. The molecule has 0 saturated carbocycles. The lowest BCUT2D eigenvalue weighted by atomic mass is 10.1. The molecule has 0 atom stereocenters. The maximum atomic E-state index is 12.3. The molecule has 0 aromatic heterocycles. The number of hydrogen-bond donors (Lipinski definition) is 2. The van der Waals surface area contributed by atoms with E-state index in [-0.39, 0.29) is 24.0 Å². The first-order chi connectivity index (χ1) is 12.7. The fourth-order valence-corrected chi connectivity index (χ4v) is 2.91. The molecule has 2 N–H and O–H groups in total. The number of ketones is 1. The third-order valence-electron chi connectivity index (χ3n) is 3.75. The van der Waals surface area contributed by atoms with Crippen LogP contribution < -0.4 is 15.4 Å². The van der Waals surface area contributed by atoms with Crippen molar-refractivity contribution in [1.82, 2.24) is 0 Å². The number of rotatable bonds is 6. The molecular weight excluding hydrogens is 368 g/mol. The molecule has 6 nitrogen and oxygen atoms in total. The Bertz CT molecular complexity index is 886. The summed E-state index contributed by atoms with van der Waals surface area (Å²) in [6.07, 6.45) is 0. The number of Topliss-reactive ketones (excluding diaryl/α,β-unsaturated/α-hetero) is 1. The summed E-state index contributed by atoms with van der Waals surface area (Å²) < 4.78 is 5.54. The van der Waals surface area contributed by atoms with E-state index in [9.17, 15) is 14.4 Å². The van der Waals surface area contributed by atoms with Crippen molar-refractivity contribution >= 4 is 40.6 Å². The molecule has 0 saturated heterocycles. The van der Waals surface area contributed by atoms with Gasteiger partial charge in [-0.15, -0.1) is 0 Å². The minimum Gasteiger partial charge on any atom is -0.482 e. The highest BCUT2D eigenvalue weighted by atomic mass is 35.5. The van der Waals surface area contributed by atoms with Crippen LogP contribution in [0.4, 0.5) is 11.4 Å². The van der Waals surface area contributed by atoms with Gasteiger partial charge in [0.25, 0.3) is 5.91 Å². The van der Waals surface area contributed by atoms with Crippen molar-refractivity contribution in [2.75, 3.05) is 17.2 Å². The Morgan fingerprint density at radius 3 is 2.33 bits per heavy atom. The number of anilines is 2. The minimum absolute atomic E-state index is 0.152. The molecule has 0 aliphatic carbocycles. The molecule has 0 radical (unpaired) electrons. The normalized spacial score (nSPS) is 10.3. The van der Waals surface area contributed by atoms with Gasteiger partial charge in [-0.3, -0.25) is 14.4 Å². The maximum Gasteiger partial charge on any atom is 0.262 e. The average Bonchev–Trinajstić information content (AvgIpc) is 2.56. The quantitative estimate of drug-likeness (QED) is 0.728. The second-order valence-corrected chi connectivity index (χ2v) is 6.63. The van der Waals surface area contributed by atoms with Crippen LogP contribution in [-0.4, -0.2) is 24.2 Å². The van der Waals surface area contributed by atoms with Crippen LogP contribution in [0, 0.1) is 13.8 Å². The van der Waals surface area contributed by atoms with Crippen LogP contribution in [0.5, 0.6) is 5.75 Å². The number of nitrogens with one attached hydrogen (secondary N) is 2. The van der Waals surface area contributed by atoms with Gasteiger partial charge in [0.1, 0.15) is 5.75 Å². The van der Waals surface area contributed by atoms with Gasteiger partial charge in [0.2, 0.25) is 5.91 Å². The van der Waals surface area contributed by atoms with Crippen LogP contribution in [0.3, 0.4) is 0 Å². The van der Waals surface area contributed by atoms with Crippen molar-refractivity contribution < 1.29 is 19.1 Å². The third kappa shape index (κ3) is 5.56. The fourth-order valence-electron chi connectivity index (χ4n) is 2.55. The molecule has 2 rings (SSSR count). The lowest BCUT2D eigenvalue weighted by Gasteiger charge is -2.14. The minimum atomic E-state index is -0.411. The van der Waals surface area contributed by atoms with E-state index >= 15 is 0 Å². The van der Waals surface area contributed by atoms with E-state index in [4.69, 9.17) is 16.3 Å². The van der Waals surface area contributed by atoms with Gasteiger partial charge in [-0.25, -0.2) is 0 Å². The van der Waals surface area contributed by atoms with Gasteiger partial charge in [0.05, 0.1) is 16.4 Å². The van der Waals surface area contributed by atoms with E-state index in [1.807, 2.05) is 19.9 Å². The summed E-state index contributed by atoms with van der Waals surface area (Å²) in [6, 6.07) is 8.30. The molecule has 0 unspecified atom stereocenters. The summed E-state index contributed by atoms with van der Waals surface area (Å²) in [5.74, 6) is -0.617. The van der Waals surface area contributed by atoms with Gasteiger partial charge in [0.15, 0.2) is 12.4 Å². The number of aryl methyl sites for hydroxylation is 2. The van der Waals surface area contributed by atoms with Crippen molar-refractivity contribution in [3.05, 3.63) is 52.0 Å². The number of ether oxygens (including phenoxy) is 1. The summed E-state index contributed by atoms with van der Waals surface area (Å²) >= 11 is 6.19. The van der Waals surface area contributed by atoms with Gasteiger partial charge >= 0.3 is 0 Å². The van der Waals surface area contributed by atoms with E-state index in [1.54, 1.807) is 18.2 Å². The number of carbonyl (C=O) groups excluding carboxylic acids is 3. The highest BCUT2D eigenvalue weighted by Crippen LogP contribution is 2.28. The molecule has 2 amide bonds. The van der Waals surface area contributed by atoms with Gasteiger partial charge in [-0.05, 0) is 56.2 Å². The van der Waals surface area contributed by atoms with Gasteiger partial charge in [-0.2, -0.15) is 0 Å². The first-order valence-corrected chi connectivity index (χ1v) is 8.67. The predicted octanol–water partition coefficient (Wildman–Crippen LogP) is 4.14. The molecule has 142 valence electrons. The second-order valence-electron chi connectivity index (χ2n) is 6.22. The molecule has 0 heterocycles. The van der Waals surface area contributed by atoms with E-state index in [0.717, 1.165) is 11.1 Å². The average molecular weight is 389 g/mol. The number of amides is 2. The Hall–Kier alpha value is -2.86. The Kier molecular flexibility index (Phi) is 6.58. The lowest BCUT2D eigenvalue weighted by molar-refractivity contribution is -0.118. The zero-order valence-corrected chi connectivity index (χ0v) is 16.4. The lowest BCUT2D eigenvalue weighted by Crippen LogP contribution is -2.21. The molecule has 2 aromatic rings. The zero-order chi connectivity index (χ0) is 20.1. The van der Waals surface area contributed by atoms with Gasteiger partial charge in [0, 0.05) is 12.5 Å². The van der Waals surface area contributed by atoms with Crippen LogP contribution in [0.2, 0.25) is 5.02 Å². The molecular formula is C20H21ClN2O4. The van der Waals surface area contributed by atoms with Gasteiger partial charge < -0.3 is 15.4 Å². The van der Waals surface area contributed by atoms with E-state index < -0.39 is 5.91 Å². The van der Waals surface area contributed by atoms with Crippen LogP contribution >= 0.6 is 11.6 Å². The van der Waals surface area contributed by atoms with Crippen molar-refractivity contribution in [3.63, 3.8) is 0 Å². The smallest absolute Gasteiger partial charge is 0.262 e. The molecule has 7 heteroatoms. The number of hydrogen-bond acceptors (Lipinski definition) is 4. The third-order valence-corrected chi connectivity index (χ3v) is 4.05. The van der Waals surface area contributed by atoms with Gasteiger partial charge in [-0.1, -0.05) is 17.7 Å². The molecule has 0 fully saturated rings. The van der Waals surface area contributed by atoms with Crippen LogP contribution in [-0.2, 0) is 9.59 Å². The summed E-state index contributed by atoms with van der Waals surface area (Å²) in [4.78, 5) is 35.2. The molecule has 0 spiro atoms. The molecule has 2 aromatic carbocycles. The first kappa shape index (κ1) is 20.5.